The van der Waals surface area contributed by atoms with Crippen LogP contribution >= 0.6 is 34.5 Å². The molecular weight excluding hydrogens is 769 g/mol. The number of fused-ring (bicyclic) bond motifs is 1. The molecule has 2 aromatic carbocycles. The van der Waals surface area contributed by atoms with Crippen LogP contribution in [-0.2, 0) is 36.9 Å². The predicted molar refractivity (Wildman–Crippen MR) is 209 cm³/mol. The number of hydrogen-bond donors (Lipinski definition) is 5. The van der Waals surface area contributed by atoms with Crippen LogP contribution in [0.15, 0.2) is 72.3 Å². The van der Waals surface area contributed by atoms with E-state index in [1.54, 1.807) is 20.2 Å². The van der Waals surface area contributed by atoms with Crippen molar-refractivity contribution in [3.8, 4) is 28.3 Å². The number of aromatic nitrogens is 3. The van der Waals surface area contributed by atoms with Crippen LogP contribution in [0, 0.1) is 0 Å². The molecule has 1 fully saturated rings. The Kier molecular flexibility index (Phi) is 12.0. The monoisotopic (exact) mass is 805 g/mol. The van der Waals surface area contributed by atoms with Crippen LogP contribution in [0.3, 0.4) is 0 Å². The van der Waals surface area contributed by atoms with E-state index in [4.69, 9.17) is 52.1 Å². The van der Waals surface area contributed by atoms with Crippen molar-refractivity contribution in [2.24, 2.45) is 0 Å². The first-order valence-electron chi connectivity index (χ1n) is 17.4. The van der Waals surface area contributed by atoms with E-state index in [9.17, 15) is 14.7 Å². The van der Waals surface area contributed by atoms with Crippen LogP contribution < -0.4 is 26.0 Å². The first kappa shape index (κ1) is 38.3. The minimum absolute atomic E-state index is 0.0587. The molecule has 7 rings (SSSR count). The third-order valence-electron chi connectivity index (χ3n) is 8.91. The first-order valence-corrected chi connectivity index (χ1v) is 18.9. The second kappa shape index (κ2) is 17.2. The Morgan fingerprint density at radius 1 is 1.02 bits per heavy atom. The largest absolute Gasteiger partial charge is 0.481 e. The third kappa shape index (κ3) is 8.93. The standard InChI is InChI=1S/C38H37Cl2N7O7S/c1-20-28(54-38(50)53-20)19-52-32(49)18-42-17-31-47-35-29(55-31)13-14-43-36(35)45-27-8-4-6-24(34(27)40)23-5-3-7-25(33(23)39)26-11-9-21(37(46-26)51-2)15-41-16-22-10-12-30(48)44-22/h3-9,11,13-14,22,38,41-42,50H,10,12,15-19H2,1-2H3,(H,43,45)(H,44,48)/t22-,38?/m0/s1. The molecule has 14 nitrogen and oxygen atoms in total. The highest BCUT2D eigenvalue weighted by Crippen LogP contribution is 2.42. The van der Waals surface area contributed by atoms with Gasteiger partial charge < -0.3 is 45.3 Å². The molecule has 3 aromatic heterocycles. The molecule has 5 aromatic rings. The number of nitrogens with one attached hydrogen (secondary N) is 4. The fourth-order valence-corrected chi connectivity index (χ4v) is 7.69. The van der Waals surface area contributed by atoms with Crippen molar-refractivity contribution in [3.63, 3.8) is 0 Å². The zero-order valence-electron chi connectivity index (χ0n) is 29.8. The lowest BCUT2D eigenvalue weighted by Gasteiger charge is -2.16. The quantitative estimate of drug-likeness (QED) is 0.0776. The average molecular weight is 807 g/mol. The van der Waals surface area contributed by atoms with Gasteiger partial charge in [-0.25, -0.2) is 15.0 Å². The maximum absolute atomic E-state index is 12.3. The van der Waals surface area contributed by atoms with Crippen molar-refractivity contribution in [2.75, 3.05) is 32.1 Å². The van der Waals surface area contributed by atoms with E-state index in [0.29, 0.717) is 81.6 Å². The lowest BCUT2D eigenvalue weighted by molar-refractivity contribution is -0.195. The minimum Gasteiger partial charge on any atom is -0.481 e. The van der Waals surface area contributed by atoms with Crippen molar-refractivity contribution in [1.82, 2.24) is 30.9 Å². The van der Waals surface area contributed by atoms with E-state index in [1.807, 2.05) is 54.6 Å². The van der Waals surface area contributed by atoms with Crippen LogP contribution in [0.25, 0.3) is 32.6 Å². The number of carbonyl (C=O) groups excluding carboxylic acids is 2. The maximum Gasteiger partial charge on any atom is 0.358 e. The summed E-state index contributed by atoms with van der Waals surface area (Å²) >= 11 is 15.6. The molecule has 286 valence electrons. The van der Waals surface area contributed by atoms with E-state index in [1.165, 1.54) is 11.3 Å². The van der Waals surface area contributed by atoms with E-state index >= 15 is 0 Å². The first-order chi connectivity index (χ1) is 26.7. The second-order valence-electron chi connectivity index (χ2n) is 12.7. The number of halogens is 2. The van der Waals surface area contributed by atoms with E-state index in [2.05, 4.69) is 26.3 Å². The number of rotatable bonds is 15. The molecule has 0 saturated carbocycles. The van der Waals surface area contributed by atoms with Gasteiger partial charge in [0.2, 0.25) is 11.8 Å². The van der Waals surface area contributed by atoms with Crippen molar-refractivity contribution in [3.05, 3.63) is 92.9 Å². The minimum atomic E-state index is -1.39. The predicted octanol–water partition coefficient (Wildman–Crippen LogP) is 6.03. The normalized spacial score (nSPS) is 16.6. The third-order valence-corrected chi connectivity index (χ3v) is 10.7. The van der Waals surface area contributed by atoms with Crippen molar-refractivity contribution in [2.45, 2.75) is 45.4 Å². The number of thiazole rings is 1. The zero-order valence-corrected chi connectivity index (χ0v) is 32.1. The smallest absolute Gasteiger partial charge is 0.358 e. The number of anilines is 2. The molecule has 17 heteroatoms. The molecule has 0 bridgehead atoms. The molecule has 2 atom stereocenters. The number of ether oxygens (including phenoxy) is 4. The number of amides is 1. The zero-order chi connectivity index (χ0) is 38.5. The fourth-order valence-electron chi connectivity index (χ4n) is 6.16. The highest BCUT2D eigenvalue weighted by atomic mass is 35.5. The number of pyridine rings is 2. The number of methoxy groups -OCH3 is 1. The Morgan fingerprint density at radius 2 is 1.82 bits per heavy atom. The Bertz CT molecular complexity index is 2270. The lowest BCUT2D eigenvalue weighted by Crippen LogP contribution is -2.35. The van der Waals surface area contributed by atoms with Crippen molar-refractivity contribution >= 4 is 68.1 Å². The molecular formula is C38H37Cl2N7O7S. The maximum atomic E-state index is 12.3. The number of nitrogens with zero attached hydrogens (tertiary/aromatic N) is 3. The summed E-state index contributed by atoms with van der Waals surface area (Å²) in [5.74, 6) is 1.21. The molecule has 5 N–H and O–H groups in total. The summed E-state index contributed by atoms with van der Waals surface area (Å²) in [6.07, 6.45) is 3.07. The van der Waals surface area contributed by atoms with Gasteiger partial charge in [0.1, 0.15) is 16.3 Å². The SMILES string of the molecule is COc1nc(-c2cccc(-c3cccc(Nc4nccc5sc(CNCC(=O)OCC6=C(C)OC(O)O6)nc45)c3Cl)c2Cl)ccc1CNC[C@@H]1CCC(=O)N1. The molecule has 1 amide bonds. The summed E-state index contributed by atoms with van der Waals surface area (Å²) < 4.78 is 21.8. The van der Waals surface area contributed by atoms with Crippen LogP contribution in [-0.4, -0.2) is 71.3 Å². The van der Waals surface area contributed by atoms with Crippen LogP contribution in [0.2, 0.25) is 10.0 Å². The van der Waals surface area contributed by atoms with Gasteiger partial charge in [0.15, 0.2) is 18.2 Å². The molecule has 2 aliphatic rings. The molecule has 0 spiro atoms. The van der Waals surface area contributed by atoms with Gasteiger partial charge in [-0.15, -0.1) is 11.3 Å². The van der Waals surface area contributed by atoms with Gasteiger partial charge in [-0.2, -0.15) is 0 Å². The molecule has 5 heterocycles. The van der Waals surface area contributed by atoms with E-state index < -0.39 is 12.4 Å². The van der Waals surface area contributed by atoms with Gasteiger partial charge in [0.05, 0.1) is 39.8 Å². The van der Waals surface area contributed by atoms with E-state index in [0.717, 1.165) is 27.3 Å². The summed E-state index contributed by atoms with van der Waals surface area (Å²) in [7, 11) is 1.58. The van der Waals surface area contributed by atoms with Gasteiger partial charge in [-0.05, 0) is 31.5 Å². The molecule has 0 radical (unpaired) electrons. The molecule has 55 heavy (non-hydrogen) atoms. The highest BCUT2D eigenvalue weighted by molar-refractivity contribution is 7.18. The summed E-state index contributed by atoms with van der Waals surface area (Å²) in [4.78, 5) is 37.9. The van der Waals surface area contributed by atoms with Gasteiger partial charge in [0.25, 0.3) is 0 Å². The number of aliphatic hydroxyl groups is 1. The van der Waals surface area contributed by atoms with Crippen molar-refractivity contribution in [1.29, 1.82) is 0 Å². The van der Waals surface area contributed by atoms with Gasteiger partial charge in [0, 0.05) is 60.5 Å². The Morgan fingerprint density at radius 3 is 2.58 bits per heavy atom. The molecule has 0 aliphatic carbocycles. The molecule has 1 unspecified atom stereocenters. The van der Waals surface area contributed by atoms with Crippen LogP contribution in [0.1, 0.15) is 30.3 Å². The summed E-state index contributed by atoms with van der Waals surface area (Å²) in [5, 5.41) is 23.8. The Labute approximate surface area is 330 Å². The number of carbonyl (C=O) groups is 2. The Balaban J connectivity index is 1.02. The second-order valence-corrected chi connectivity index (χ2v) is 14.5. The summed E-state index contributed by atoms with van der Waals surface area (Å²) in [5.41, 5.74) is 4.93. The topological polar surface area (TPSA) is 178 Å². The number of allylic oxidation sites excluding steroid dienone is 1. The van der Waals surface area contributed by atoms with Gasteiger partial charge in [-0.1, -0.05) is 59.6 Å². The van der Waals surface area contributed by atoms with Crippen LogP contribution in [0.4, 0.5) is 11.5 Å². The number of benzene rings is 2. The van der Waals surface area contributed by atoms with Gasteiger partial charge in [-0.3, -0.25) is 9.59 Å². The fraction of sp³-hybridized carbons (Fsp3) is 0.289. The highest BCUT2D eigenvalue weighted by Gasteiger charge is 2.24. The van der Waals surface area contributed by atoms with Crippen molar-refractivity contribution < 1.29 is 33.6 Å². The Hall–Kier alpha value is -5.03. The average Bonchev–Trinajstić information content (AvgIpc) is 3.89. The van der Waals surface area contributed by atoms with E-state index in [-0.39, 0.29) is 30.9 Å². The van der Waals surface area contributed by atoms with Crippen LogP contribution in [0.5, 0.6) is 5.88 Å². The van der Waals surface area contributed by atoms with Gasteiger partial charge >= 0.3 is 12.4 Å². The number of aliphatic hydroxyl groups excluding tert-OH is 1. The molecule has 2 aliphatic heterocycles. The molecule has 1 saturated heterocycles. The lowest BCUT2D eigenvalue weighted by atomic mass is 10.00. The summed E-state index contributed by atoms with van der Waals surface area (Å²) in [6.45, 7) is 1.54. The number of hydrogen-bond acceptors (Lipinski definition) is 14. The summed E-state index contributed by atoms with van der Waals surface area (Å²) in [6, 6.07) is 17.2. The number of esters is 1.